The van der Waals surface area contributed by atoms with Crippen molar-refractivity contribution < 1.29 is 9.84 Å². The number of aliphatic hydroxyl groups excluding tert-OH is 1. The molecule has 0 saturated heterocycles. The minimum absolute atomic E-state index is 0.307. The van der Waals surface area contributed by atoms with E-state index in [-0.39, 0.29) is 0 Å². The predicted molar refractivity (Wildman–Crippen MR) is 94.7 cm³/mol. The average Bonchev–Trinajstić information content (AvgIpc) is 2.53. The molecule has 2 aromatic carbocycles. The number of aliphatic hydroxyl groups is 1. The third-order valence-corrected chi connectivity index (χ3v) is 3.84. The minimum Gasteiger partial charge on any atom is -0.491 e. The molecule has 2 rings (SSSR count). The lowest BCUT2D eigenvalue weighted by molar-refractivity contribution is 0.0543. The molecule has 0 fully saturated rings. The maximum Gasteiger partial charge on any atom is 0.119 e. The fourth-order valence-electron chi connectivity index (χ4n) is 2.50. The Morgan fingerprint density at radius 1 is 1.04 bits per heavy atom. The third-order valence-electron chi connectivity index (χ3n) is 3.84. The number of rotatable bonds is 8. The maximum atomic E-state index is 10.3. The number of ether oxygens (including phenoxy) is 1. The van der Waals surface area contributed by atoms with Gasteiger partial charge in [-0.3, -0.25) is 4.90 Å². The second-order valence-corrected chi connectivity index (χ2v) is 6.29. The van der Waals surface area contributed by atoms with Gasteiger partial charge in [-0.2, -0.15) is 0 Å². The standard InChI is InChI=1S/C20H27NO2/c1-16(2)21(13-18-9-5-4-6-10-18)14-19(22)15-23-20-11-7-8-17(3)12-20/h4-12,16,19,22H,13-15H2,1-3H3/t19-/m0/s1. The molecule has 0 radical (unpaired) electrons. The summed E-state index contributed by atoms with van der Waals surface area (Å²) >= 11 is 0. The van der Waals surface area contributed by atoms with Crippen molar-refractivity contribution in [3.8, 4) is 5.75 Å². The Morgan fingerprint density at radius 2 is 1.78 bits per heavy atom. The summed E-state index contributed by atoms with van der Waals surface area (Å²) in [6.07, 6.45) is -0.512. The van der Waals surface area contributed by atoms with Crippen molar-refractivity contribution in [1.82, 2.24) is 4.90 Å². The molecule has 0 aliphatic carbocycles. The van der Waals surface area contributed by atoms with Gasteiger partial charge in [-0.25, -0.2) is 0 Å². The lowest BCUT2D eigenvalue weighted by Crippen LogP contribution is -2.39. The van der Waals surface area contributed by atoms with Crippen LogP contribution in [0.2, 0.25) is 0 Å². The van der Waals surface area contributed by atoms with Crippen LogP contribution in [0.4, 0.5) is 0 Å². The van der Waals surface area contributed by atoms with Gasteiger partial charge in [0, 0.05) is 19.1 Å². The molecular weight excluding hydrogens is 286 g/mol. The van der Waals surface area contributed by atoms with E-state index in [9.17, 15) is 5.11 Å². The largest absolute Gasteiger partial charge is 0.491 e. The SMILES string of the molecule is Cc1cccc(OC[C@@H](O)CN(Cc2ccccc2)C(C)C)c1. The molecule has 0 heterocycles. The Morgan fingerprint density at radius 3 is 2.43 bits per heavy atom. The van der Waals surface area contributed by atoms with Crippen LogP contribution in [0.1, 0.15) is 25.0 Å². The summed E-state index contributed by atoms with van der Waals surface area (Å²) < 4.78 is 5.70. The number of aryl methyl sites for hydroxylation is 1. The summed E-state index contributed by atoms with van der Waals surface area (Å²) in [5.74, 6) is 0.809. The summed E-state index contributed by atoms with van der Waals surface area (Å²) in [7, 11) is 0. The Balaban J connectivity index is 1.86. The van der Waals surface area contributed by atoms with Gasteiger partial charge in [0.15, 0.2) is 0 Å². The van der Waals surface area contributed by atoms with Gasteiger partial charge in [0.25, 0.3) is 0 Å². The molecule has 23 heavy (non-hydrogen) atoms. The van der Waals surface area contributed by atoms with E-state index in [4.69, 9.17) is 4.74 Å². The van der Waals surface area contributed by atoms with Gasteiger partial charge in [0.2, 0.25) is 0 Å². The zero-order valence-electron chi connectivity index (χ0n) is 14.3. The van der Waals surface area contributed by atoms with Crippen LogP contribution in [0.15, 0.2) is 54.6 Å². The monoisotopic (exact) mass is 313 g/mol. The lowest BCUT2D eigenvalue weighted by Gasteiger charge is -2.28. The first-order valence-electron chi connectivity index (χ1n) is 8.20. The molecule has 124 valence electrons. The molecule has 0 amide bonds. The maximum absolute atomic E-state index is 10.3. The quantitative estimate of drug-likeness (QED) is 0.807. The van der Waals surface area contributed by atoms with Gasteiger partial charge in [-0.1, -0.05) is 42.5 Å². The van der Waals surface area contributed by atoms with E-state index in [0.29, 0.717) is 19.2 Å². The first kappa shape index (κ1) is 17.5. The first-order valence-corrected chi connectivity index (χ1v) is 8.20. The molecule has 1 N–H and O–H groups in total. The van der Waals surface area contributed by atoms with E-state index >= 15 is 0 Å². The highest BCUT2D eigenvalue weighted by atomic mass is 16.5. The van der Waals surface area contributed by atoms with Crippen LogP contribution in [0.25, 0.3) is 0 Å². The summed E-state index contributed by atoms with van der Waals surface area (Å²) in [5.41, 5.74) is 2.41. The summed E-state index contributed by atoms with van der Waals surface area (Å²) in [6, 6.07) is 18.6. The van der Waals surface area contributed by atoms with Crippen molar-refractivity contribution in [3.63, 3.8) is 0 Å². The topological polar surface area (TPSA) is 32.7 Å². The van der Waals surface area contributed by atoms with Crippen molar-refractivity contribution in [2.24, 2.45) is 0 Å². The van der Waals surface area contributed by atoms with Crippen LogP contribution in [-0.2, 0) is 6.54 Å². The van der Waals surface area contributed by atoms with Crippen molar-refractivity contribution in [1.29, 1.82) is 0 Å². The molecule has 0 aliphatic rings. The summed E-state index contributed by atoms with van der Waals surface area (Å²) in [4.78, 5) is 2.26. The van der Waals surface area contributed by atoms with E-state index in [1.54, 1.807) is 0 Å². The first-order chi connectivity index (χ1) is 11.0. The molecule has 0 spiro atoms. The van der Waals surface area contributed by atoms with E-state index in [1.807, 2.05) is 49.4 Å². The van der Waals surface area contributed by atoms with Crippen LogP contribution in [0, 0.1) is 6.92 Å². The van der Waals surface area contributed by atoms with Crippen LogP contribution in [-0.4, -0.2) is 35.3 Å². The van der Waals surface area contributed by atoms with E-state index in [1.165, 1.54) is 5.56 Å². The second kappa shape index (κ2) is 8.70. The highest BCUT2D eigenvalue weighted by Crippen LogP contribution is 2.13. The molecule has 2 aromatic rings. The fourth-order valence-corrected chi connectivity index (χ4v) is 2.50. The Kier molecular flexibility index (Phi) is 6.63. The third kappa shape index (κ3) is 6.05. The minimum atomic E-state index is -0.512. The molecule has 0 bridgehead atoms. The van der Waals surface area contributed by atoms with Gasteiger partial charge in [0.1, 0.15) is 18.5 Å². The summed E-state index contributed by atoms with van der Waals surface area (Å²) in [6.45, 7) is 8.07. The molecule has 0 unspecified atom stereocenters. The molecule has 3 heteroatoms. The number of benzene rings is 2. The number of nitrogens with zero attached hydrogens (tertiary/aromatic N) is 1. The Hall–Kier alpha value is -1.84. The van der Waals surface area contributed by atoms with Crippen LogP contribution in [0.3, 0.4) is 0 Å². The predicted octanol–water partition coefficient (Wildman–Crippen LogP) is 3.65. The molecule has 0 aromatic heterocycles. The average molecular weight is 313 g/mol. The smallest absolute Gasteiger partial charge is 0.119 e. The normalized spacial score (nSPS) is 12.6. The fraction of sp³-hybridized carbons (Fsp3) is 0.400. The van der Waals surface area contributed by atoms with Crippen molar-refractivity contribution in [2.75, 3.05) is 13.2 Å². The summed E-state index contributed by atoms with van der Waals surface area (Å²) in [5, 5.41) is 10.3. The molecular formula is C20H27NO2. The zero-order chi connectivity index (χ0) is 16.7. The van der Waals surface area contributed by atoms with Crippen LogP contribution >= 0.6 is 0 Å². The number of hydrogen-bond donors (Lipinski definition) is 1. The van der Waals surface area contributed by atoms with Gasteiger partial charge >= 0.3 is 0 Å². The highest BCUT2D eigenvalue weighted by Gasteiger charge is 2.15. The highest BCUT2D eigenvalue weighted by molar-refractivity contribution is 5.27. The molecule has 0 aliphatic heterocycles. The van der Waals surface area contributed by atoms with Crippen LogP contribution in [0.5, 0.6) is 5.75 Å². The van der Waals surface area contributed by atoms with Crippen LogP contribution < -0.4 is 4.74 Å². The van der Waals surface area contributed by atoms with Crippen molar-refractivity contribution in [2.45, 2.75) is 39.5 Å². The van der Waals surface area contributed by atoms with E-state index < -0.39 is 6.10 Å². The second-order valence-electron chi connectivity index (χ2n) is 6.29. The van der Waals surface area contributed by atoms with Crippen molar-refractivity contribution >= 4 is 0 Å². The van der Waals surface area contributed by atoms with E-state index in [2.05, 4.69) is 30.9 Å². The van der Waals surface area contributed by atoms with Gasteiger partial charge in [0.05, 0.1) is 0 Å². The molecule has 0 saturated carbocycles. The Bertz CT molecular complexity index is 583. The Labute approximate surface area is 139 Å². The molecule has 3 nitrogen and oxygen atoms in total. The van der Waals surface area contributed by atoms with E-state index in [0.717, 1.165) is 17.9 Å². The van der Waals surface area contributed by atoms with Gasteiger partial charge in [-0.15, -0.1) is 0 Å². The zero-order valence-corrected chi connectivity index (χ0v) is 14.3. The lowest BCUT2D eigenvalue weighted by atomic mass is 10.1. The van der Waals surface area contributed by atoms with Crippen molar-refractivity contribution in [3.05, 3.63) is 65.7 Å². The molecule has 1 atom stereocenters. The van der Waals surface area contributed by atoms with Gasteiger partial charge < -0.3 is 9.84 Å². The van der Waals surface area contributed by atoms with Gasteiger partial charge in [-0.05, 0) is 44.0 Å². The number of hydrogen-bond acceptors (Lipinski definition) is 3.